The van der Waals surface area contributed by atoms with E-state index in [1.165, 1.54) is 25.6 Å². The van der Waals surface area contributed by atoms with E-state index in [9.17, 15) is 13.4 Å². The molecule has 0 radical (unpaired) electrons. The van der Waals surface area contributed by atoms with Crippen molar-refractivity contribution in [1.82, 2.24) is 15.3 Å². The number of hydrogen-bond donors (Lipinski definition) is 2. The first-order valence-corrected chi connectivity index (χ1v) is 13.9. The quantitative estimate of drug-likeness (QED) is 0.462. The van der Waals surface area contributed by atoms with E-state index in [4.69, 9.17) is 4.74 Å². The summed E-state index contributed by atoms with van der Waals surface area (Å²) in [6.07, 6.45) is 6.94. The van der Waals surface area contributed by atoms with E-state index in [1.807, 2.05) is 13.0 Å². The zero-order valence-corrected chi connectivity index (χ0v) is 21.5. The first-order chi connectivity index (χ1) is 17.1. The molecule has 0 unspecified atom stereocenters. The predicted molar refractivity (Wildman–Crippen MR) is 138 cm³/mol. The molecule has 0 aliphatic heterocycles. The van der Waals surface area contributed by atoms with Gasteiger partial charge < -0.3 is 20.1 Å². The second kappa shape index (κ2) is 10.7. The fourth-order valence-corrected chi connectivity index (χ4v) is 4.94. The summed E-state index contributed by atoms with van der Waals surface area (Å²) in [6.45, 7) is 1.91. The minimum absolute atomic E-state index is 0.0307. The third-order valence-corrected chi connectivity index (χ3v) is 6.57. The van der Waals surface area contributed by atoms with Crippen molar-refractivity contribution < 1.29 is 22.9 Å². The summed E-state index contributed by atoms with van der Waals surface area (Å²) in [5, 5.41) is 6.88. The van der Waals surface area contributed by atoms with Gasteiger partial charge in [0.25, 0.3) is 0 Å². The molecule has 0 atom stereocenters. The molecule has 1 saturated carbocycles. The van der Waals surface area contributed by atoms with Gasteiger partial charge in [-0.05, 0) is 62.4 Å². The Morgan fingerprint density at radius 1 is 1.14 bits per heavy atom. The van der Waals surface area contributed by atoms with Crippen LogP contribution < -0.4 is 15.4 Å². The molecule has 9 nitrogen and oxygen atoms in total. The molecule has 1 aliphatic rings. The molecule has 0 saturated heterocycles. The Kier molecular flexibility index (Phi) is 7.58. The molecule has 36 heavy (non-hydrogen) atoms. The fourth-order valence-electron chi connectivity index (χ4n) is 4.33. The van der Waals surface area contributed by atoms with Gasteiger partial charge in [-0.25, -0.2) is 23.4 Å². The number of benzene rings is 2. The Morgan fingerprint density at radius 2 is 1.89 bits per heavy atom. The lowest BCUT2D eigenvalue weighted by Crippen LogP contribution is -2.39. The fraction of sp³-hybridized carbons (Fsp3) is 0.400. The molecule has 1 heterocycles. The monoisotopic (exact) mass is 515 g/mol. The van der Waals surface area contributed by atoms with Gasteiger partial charge in [-0.3, -0.25) is 0 Å². The molecule has 11 heteroatoms. The van der Waals surface area contributed by atoms with Gasteiger partial charge in [0.2, 0.25) is 0 Å². The summed E-state index contributed by atoms with van der Waals surface area (Å²) in [6, 6.07) is 7.97. The number of anilines is 2. The van der Waals surface area contributed by atoms with Crippen molar-refractivity contribution in [2.75, 3.05) is 24.9 Å². The Bertz CT molecular complexity index is 1390. The Labute approximate surface area is 210 Å². The molecule has 1 aromatic heterocycles. The van der Waals surface area contributed by atoms with Gasteiger partial charge in [0.15, 0.2) is 0 Å². The number of methoxy groups -OCH3 is 1. The van der Waals surface area contributed by atoms with Crippen LogP contribution >= 0.6 is 0 Å². The molecule has 0 spiro atoms. The average Bonchev–Trinajstić information content (AvgIpc) is 2.80. The van der Waals surface area contributed by atoms with Crippen molar-refractivity contribution in [3.63, 3.8) is 0 Å². The first kappa shape index (κ1) is 25.6. The molecule has 1 fully saturated rings. The van der Waals surface area contributed by atoms with Crippen LogP contribution in [0.15, 0.2) is 41.0 Å². The van der Waals surface area contributed by atoms with E-state index in [-0.39, 0.29) is 12.1 Å². The molecular weight excluding hydrogens is 485 g/mol. The molecule has 2 aromatic carbocycles. The predicted octanol–water partition coefficient (Wildman–Crippen LogP) is 5.23. The zero-order valence-electron chi connectivity index (χ0n) is 20.7. The second-order valence-corrected chi connectivity index (χ2v) is 11.7. The second-order valence-electron chi connectivity index (χ2n) is 9.14. The zero-order chi connectivity index (χ0) is 25.9. The van der Waals surface area contributed by atoms with Crippen LogP contribution in [0.1, 0.15) is 31.2 Å². The van der Waals surface area contributed by atoms with Crippen LogP contribution in [0.5, 0.6) is 5.75 Å². The molecule has 1 aliphatic carbocycles. The number of carbonyl (C=O) groups is 1. The largest absolute Gasteiger partial charge is 0.488 e. The SMILES string of the molecule is COC(=O)NC1CCC(Oc2cc(F)ccc2Nc2ncnc3cc(N=S(C)(C)=O)cc(C)c23)CC1. The highest BCUT2D eigenvalue weighted by Gasteiger charge is 2.25. The summed E-state index contributed by atoms with van der Waals surface area (Å²) >= 11 is 0. The van der Waals surface area contributed by atoms with Gasteiger partial charge in [-0.2, -0.15) is 4.36 Å². The van der Waals surface area contributed by atoms with Crippen molar-refractivity contribution in [3.8, 4) is 5.75 Å². The van der Waals surface area contributed by atoms with E-state index in [1.54, 1.807) is 24.6 Å². The van der Waals surface area contributed by atoms with Gasteiger partial charge in [-0.15, -0.1) is 0 Å². The Morgan fingerprint density at radius 3 is 2.58 bits per heavy atom. The number of rotatable bonds is 6. The van der Waals surface area contributed by atoms with Crippen LogP contribution in [0.3, 0.4) is 0 Å². The van der Waals surface area contributed by atoms with Crippen LogP contribution in [-0.4, -0.2) is 52.0 Å². The maximum absolute atomic E-state index is 14.2. The number of nitrogens with one attached hydrogen (secondary N) is 2. The number of fused-ring (bicyclic) bond motifs is 1. The lowest BCUT2D eigenvalue weighted by atomic mass is 9.93. The van der Waals surface area contributed by atoms with Crippen molar-refractivity contribution >= 4 is 43.9 Å². The van der Waals surface area contributed by atoms with Gasteiger partial charge >= 0.3 is 6.09 Å². The van der Waals surface area contributed by atoms with Crippen molar-refractivity contribution in [2.24, 2.45) is 4.36 Å². The number of halogens is 1. The molecule has 3 aromatic rings. The summed E-state index contributed by atoms with van der Waals surface area (Å²) in [7, 11) is -0.978. The van der Waals surface area contributed by atoms with Crippen LogP contribution in [0.4, 0.5) is 26.4 Å². The number of nitrogens with zero attached hydrogens (tertiary/aromatic N) is 3. The smallest absolute Gasteiger partial charge is 0.407 e. The van der Waals surface area contributed by atoms with E-state index in [0.29, 0.717) is 41.3 Å². The first-order valence-electron chi connectivity index (χ1n) is 11.6. The van der Waals surface area contributed by atoms with E-state index in [2.05, 4.69) is 29.7 Å². The molecule has 0 bridgehead atoms. The van der Waals surface area contributed by atoms with Crippen LogP contribution in [0, 0.1) is 12.7 Å². The number of amides is 1. The highest BCUT2D eigenvalue weighted by atomic mass is 32.2. The maximum Gasteiger partial charge on any atom is 0.407 e. The number of alkyl carbamates (subject to hydrolysis) is 1. The van der Waals surface area contributed by atoms with Crippen molar-refractivity contribution in [1.29, 1.82) is 0 Å². The van der Waals surface area contributed by atoms with Crippen LogP contribution in [-0.2, 0) is 14.5 Å². The minimum atomic E-state index is -2.32. The summed E-state index contributed by atoms with van der Waals surface area (Å²) < 4.78 is 41.4. The standard InChI is InChI=1S/C25H30FN5O4S/c1-15-11-18(31-36(3,4)33)13-21-23(15)24(28-14-27-21)30-20-10-5-16(26)12-22(20)35-19-8-6-17(7-9-19)29-25(32)34-2/h5,10-14,17,19H,6-9H2,1-4H3,(H,29,32)(H,27,28,30). The van der Waals surface area contributed by atoms with E-state index >= 15 is 0 Å². The summed E-state index contributed by atoms with van der Waals surface area (Å²) in [4.78, 5) is 20.2. The van der Waals surface area contributed by atoms with Gasteiger partial charge in [-0.1, -0.05) is 0 Å². The average molecular weight is 516 g/mol. The molecule has 2 N–H and O–H groups in total. The topological polar surface area (TPSA) is 115 Å². The molecule has 4 rings (SSSR count). The Hall–Kier alpha value is -3.47. The molecule has 192 valence electrons. The van der Waals surface area contributed by atoms with Crippen molar-refractivity contribution in [3.05, 3.63) is 48.0 Å². The lowest BCUT2D eigenvalue weighted by Gasteiger charge is -2.29. The van der Waals surface area contributed by atoms with Crippen LogP contribution in [0.2, 0.25) is 0 Å². The number of aromatic nitrogens is 2. The van der Waals surface area contributed by atoms with Gasteiger partial charge in [0, 0.05) is 39.7 Å². The third kappa shape index (κ3) is 6.39. The maximum atomic E-state index is 14.2. The van der Waals surface area contributed by atoms with Crippen molar-refractivity contribution in [2.45, 2.75) is 44.8 Å². The normalized spacial score (nSPS) is 17.9. The number of aryl methyl sites for hydroxylation is 1. The Balaban J connectivity index is 1.57. The molecule has 1 amide bonds. The molecular formula is C25H30FN5O4S. The number of carbonyl (C=O) groups excluding carboxylic acids is 1. The van der Waals surface area contributed by atoms with E-state index < -0.39 is 21.6 Å². The lowest BCUT2D eigenvalue weighted by molar-refractivity contribution is 0.129. The van der Waals surface area contributed by atoms with E-state index in [0.717, 1.165) is 23.8 Å². The number of hydrogen-bond acceptors (Lipinski definition) is 8. The third-order valence-electron chi connectivity index (χ3n) is 5.92. The summed E-state index contributed by atoms with van der Waals surface area (Å²) in [5.74, 6) is 0.515. The van der Waals surface area contributed by atoms with Crippen LogP contribution in [0.25, 0.3) is 10.9 Å². The minimum Gasteiger partial charge on any atom is -0.488 e. The summed E-state index contributed by atoms with van der Waals surface area (Å²) in [5.41, 5.74) is 2.67. The highest BCUT2D eigenvalue weighted by Crippen LogP contribution is 2.35. The van der Waals surface area contributed by atoms with Gasteiger partial charge in [0.1, 0.15) is 23.7 Å². The number of ether oxygens (including phenoxy) is 2. The highest BCUT2D eigenvalue weighted by molar-refractivity contribution is 7.92. The van der Waals surface area contributed by atoms with Gasteiger partial charge in [0.05, 0.1) is 30.1 Å².